The zero-order valence-corrected chi connectivity index (χ0v) is 16.9. The van der Waals surface area contributed by atoms with Crippen LogP contribution in [0.5, 0.6) is 0 Å². The molecule has 28 heavy (non-hydrogen) atoms. The standard InChI is InChI=1S/C20H29FN6O/c1-4-22-20(23-10-9-18-24-19(15(2)3)25-28-18)27-13-11-26(12-14-27)17-8-6-5-7-16(17)21/h5-8,15H,4,9-14H2,1-3H3,(H,22,23). The molecule has 8 heteroatoms. The maximum Gasteiger partial charge on any atom is 0.228 e. The number of para-hydroxylation sites is 1. The van der Waals surface area contributed by atoms with E-state index < -0.39 is 0 Å². The van der Waals surface area contributed by atoms with E-state index in [2.05, 4.69) is 32.2 Å². The van der Waals surface area contributed by atoms with Gasteiger partial charge in [0.25, 0.3) is 0 Å². The van der Waals surface area contributed by atoms with E-state index >= 15 is 0 Å². The third kappa shape index (κ3) is 4.99. The molecule has 152 valence electrons. The molecule has 0 unspecified atom stereocenters. The van der Waals surface area contributed by atoms with Gasteiger partial charge in [-0.25, -0.2) is 4.39 Å². The molecule has 3 rings (SSSR count). The first kappa shape index (κ1) is 20.1. The van der Waals surface area contributed by atoms with Gasteiger partial charge in [0.05, 0.1) is 12.2 Å². The lowest BCUT2D eigenvalue weighted by molar-refractivity contribution is 0.366. The average molecular weight is 388 g/mol. The van der Waals surface area contributed by atoms with Crippen molar-refractivity contribution in [3.63, 3.8) is 0 Å². The fourth-order valence-corrected chi connectivity index (χ4v) is 3.15. The minimum absolute atomic E-state index is 0.170. The zero-order valence-electron chi connectivity index (χ0n) is 16.9. The third-order valence-electron chi connectivity index (χ3n) is 4.69. The van der Waals surface area contributed by atoms with Crippen LogP contribution in [0.3, 0.4) is 0 Å². The minimum atomic E-state index is -0.170. The number of guanidine groups is 1. The van der Waals surface area contributed by atoms with Crippen LogP contribution in [-0.2, 0) is 6.42 Å². The molecule has 7 nitrogen and oxygen atoms in total. The SMILES string of the molecule is CCNC(=NCCc1nc(C(C)C)no1)N1CCN(c2ccccc2F)CC1. The smallest absolute Gasteiger partial charge is 0.228 e. The summed E-state index contributed by atoms with van der Waals surface area (Å²) in [6, 6.07) is 6.94. The first-order chi connectivity index (χ1) is 13.6. The number of anilines is 1. The number of benzene rings is 1. The normalized spacial score (nSPS) is 15.4. The van der Waals surface area contributed by atoms with Crippen molar-refractivity contribution in [1.29, 1.82) is 0 Å². The minimum Gasteiger partial charge on any atom is -0.366 e. The number of halogens is 1. The van der Waals surface area contributed by atoms with Crippen LogP contribution < -0.4 is 10.2 Å². The Balaban J connectivity index is 1.56. The topological polar surface area (TPSA) is 69.8 Å². The Kier molecular flexibility index (Phi) is 6.84. The van der Waals surface area contributed by atoms with Crippen molar-refractivity contribution in [3.8, 4) is 0 Å². The van der Waals surface area contributed by atoms with Crippen LogP contribution in [0.4, 0.5) is 10.1 Å². The first-order valence-electron chi connectivity index (χ1n) is 9.93. The van der Waals surface area contributed by atoms with Crippen molar-refractivity contribution < 1.29 is 8.91 Å². The summed E-state index contributed by atoms with van der Waals surface area (Å²) in [5.74, 6) is 2.31. The molecule has 1 aliphatic heterocycles. The number of aliphatic imine (C=N–C) groups is 1. The summed E-state index contributed by atoms with van der Waals surface area (Å²) >= 11 is 0. The van der Waals surface area contributed by atoms with Crippen molar-refractivity contribution in [1.82, 2.24) is 20.4 Å². The Morgan fingerprint density at radius 1 is 1.25 bits per heavy atom. The van der Waals surface area contributed by atoms with Crippen LogP contribution in [0.2, 0.25) is 0 Å². The molecule has 1 N–H and O–H groups in total. The van der Waals surface area contributed by atoms with Crippen LogP contribution >= 0.6 is 0 Å². The first-order valence-corrected chi connectivity index (χ1v) is 9.93. The van der Waals surface area contributed by atoms with Gasteiger partial charge in [0.1, 0.15) is 5.82 Å². The number of rotatable bonds is 6. The van der Waals surface area contributed by atoms with Gasteiger partial charge in [-0.2, -0.15) is 4.98 Å². The molecule has 1 aromatic carbocycles. The fourth-order valence-electron chi connectivity index (χ4n) is 3.15. The van der Waals surface area contributed by atoms with E-state index in [1.807, 2.05) is 26.0 Å². The zero-order chi connectivity index (χ0) is 19.9. The van der Waals surface area contributed by atoms with Crippen molar-refractivity contribution in [2.75, 3.05) is 44.2 Å². The maximum atomic E-state index is 14.0. The molecule has 1 aromatic heterocycles. The van der Waals surface area contributed by atoms with E-state index in [1.165, 1.54) is 6.07 Å². The number of hydrogen-bond acceptors (Lipinski definition) is 5. The van der Waals surface area contributed by atoms with Gasteiger partial charge in [0.15, 0.2) is 11.8 Å². The monoisotopic (exact) mass is 388 g/mol. The Bertz CT molecular complexity index is 783. The van der Waals surface area contributed by atoms with Crippen LogP contribution in [0, 0.1) is 5.82 Å². The highest BCUT2D eigenvalue weighted by atomic mass is 19.1. The second kappa shape index (κ2) is 9.52. The highest BCUT2D eigenvalue weighted by molar-refractivity contribution is 5.80. The third-order valence-corrected chi connectivity index (χ3v) is 4.69. The summed E-state index contributed by atoms with van der Waals surface area (Å²) in [4.78, 5) is 13.4. The molecule has 0 amide bonds. The molecule has 1 aliphatic rings. The van der Waals surface area contributed by atoms with Crippen molar-refractivity contribution in [2.24, 2.45) is 4.99 Å². The van der Waals surface area contributed by atoms with Gasteiger partial charge in [0.2, 0.25) is 5.89 Å². The lowest BCUT2D eigenvalue weighted by Gasteiger charge is -2.37. The lowest BCUT2D eigenvalue weighted by Crippen LogP contribution is -2.52. The number of aromatic nitrogens is 2. The van der Waals surface area contributed by atoms with Crippen LogP contribution in [0.25, 0.3) is 0 Å². The van der Waals surface area contributed by atoms with E-state index in [0.717, 1.165) is 44.5 Å². The number of hydrogen-bond donors (Lipinski definition) is 1. The Morgan fingerprint density at radius 3 is 2.64 bits per heavy atom. The average Bonchev–Trinajstić information content (AvgIpc) is 3.17. The Hall–Kier alpha value is -2.64. The van der Waals surface area contributed by atoms with Crippen LogP contribution in [-0.4, -0.2) is 60.3 Å². The second-order valence-corrected chi connectivity index (χ2v) is 7.11. The van der Waals surface area contributed by atoms with Gasteiger partial charge in [-0.3, -0.25) is 4.99 Å². The summed E-state index contributed by atoms with van der Waals surface area (Å²) in [6.45, 7) is 10.6. The molecule has 2 aromatic rings. The highest BCUT2D eigenvalue weighted by Crippen LogP contribution is 2.20. The van der Waals surface area contributed by atoms with E-state index in [9.17, 15) is 4.39 Å². The molecule has 1 fully saturated rings. The number of nitrogens with one attached hydrogen (secondary N) is 1. The fraction of sp³-hybridized carbons (Fsp3) is 0.550. The predicted molar refractivity (Wildman–Crippen MR) is 108 cm³/mol. The molecular formula is C20H29FN6O. The van der Waals surface area contributed by atoms with E-state index in [0.29, 0.717) is 24.5 Å². The van der Waals surface area contributed by atoms with Crippen molar-refractivity contribution >= 4 is 11.6 Å². The van der Waals surface area contributed by atoms with Gasteiger partial charge < -0.3 is 19.6 Å². The summed E-state index contributed by atoms with van der Waals surface area (Å²) in [5, 5.41) is 7.33. The number of piperazine rings is 1. The highest BCUT2D eigenvalue weighted by Gasteiger charge is 2.21. The van der Waals surface area contributed by atoms with Crippen molar-refractivity contribution in [2.45, 2.75) is 33.1 Å². The molecule has 0 aliphatic carbocycles. The van der Waals surface area contributed by atoms with E-state index in [-0.39, 0.29) is 11.7 Å². The molecule has 0 radical (unpaired) electrons. The molecule has 0 spiro atoms. The summed E-state index contributed by atoms with van der Waals surface area (Å²) in [7, 11) is 0. The van der Waals surface area contributed by atoms with E-state index in [4.69, 9.17) is 9.52 Å². The van der Waals surface area contributed by atoms with Crippen LogP contribution in [0.15, 0.2) is 33.8 Å². The van der Waals surface area contributed by atoms with E-state index in [1.54, 1.807) is 6.07 Å². The predicted octanol–water partition coefficient (Wildman–Crippen LogP) is 2.66. The summed E-state index contributed by atoms with van der Waals surface area (Å²) in [6.07, 6.45) is 0.615. The molecular weight excluding hydrogens is 359 g/mol. The molecule has 0 bridgehead atoms. The van der Waals surface area contributed by atoms with Gasteiger partial charge in [-0.1, -0.05) is 31.1 Å². The van der Waals surface area contributed by atoms with Gasteiger partial charge in [-0.05, 0) is 19.1 Å². The largest absolute Gasteiger partial charge is 0.366 e. The quantitative estimate of drug-likeness (QED) is 0.606. The molecule has 1 saturated heterocycles. The second-order valence-electron chi connectivity index (χ2n) is 7.11. The van der Waals surface area contributed by atoms with Gasteiger partial charge >= 0.3 is 0 Å². The lowest BCUT2D eigenvalue weighted by atomic mass is 10.2. The van der Waals surface area contributed by atoms with Crippen LogP contribution in [0.1, 0.15) is 38.4 Å². The molecule has 0 atom stereocenters. The number of nitrogens with zero attached hydrogens (tertiary/aromatic N) is 5. The maximum absolute atomic E-state index is 14.0. The summed E-state index contributed by atoms with van der Waals surface area (Å²) in [5.41, 5.74) is 0.668. The Morgan fingerprint density at radius 2 is 2.00 bits per heavy atom. The summed E-state index contributed by atoms with van der Waals surface area (Å²) < 4.78 is 19.3. The van der Waals surface area contributed by atoms with Gasteiger partial charge in [0, 0.05) is 45.1 Å². The molecule has 0 saturated carbocycles. The van der Waals surface area contributed by atoms with Gasteiger partial charge in [-0.15, -0.1) is 0 Å². The Labute approximate surface area is 165 Å². The molecule has 2 heterocycles. The van der Waals surface area contributed by atoms with Crippen molar-refractivity contribution in [3.05, 3.63) is 41.8 Å².